The smallest absolute Gasteiger partial charge is 0.263 e. The number of carbonyl (C=O) groups is 1. The average Bonchev–Trinajstić information content (AvgIpc) is 3.24. The number of furan rings is 1. The Balaban J connectivity index is 1.88. The molecular weight excluding hydrogens is 382 g/mol. The van der Waals surface area contributed by atoms with Crippen molar-refractivity contribution in [3.63, 3.8) is 0 Å². The van der Waals surface area contributed by atoms with Crippen molar-refractivity contribution in [1.82, 2.24) is 9.55 Å². The molecular formula is C19H21N3O3S2. The minimum absolute atomic E-state index is 0.0670. The first-order valence-electron chi connectivity index (χ1n) is 8.97. The second-order valence-electron chi connectivity index (χ2n) is 7.06. The summed E-state index contributed by atoms with van der Waals surface area (Å²) >= 11 is 2.82. The lowest BCUT2D eigenvalue weighted by Gasteiger charge is -2.18. The van der Waals surface area contributed by atoms with Crippen molar-refractivity contribution in [3.05, 3.63) is 45.0 Å². The molecule has 0 spiro atoms. The molecule has 2 atom stereocenters. The Kier molecular flexibility index (Phi) is 4.86. The summed E-state index contributed by atoms with van der Waals surface area (Å²) in [6.07, 6.45) is 4.58. The van der Waals surface area contributed by atoms with Gasteiger partial charge in [0.05, 0.1) is 23.4 Å². The van der Waals surface area contributed by atoms with Gasteiger partial charge in [-0.3, -0.25) is 14.2 Å². The first-order chi connectivity index (χ1) is 12.9. The van der Waals surface area contributed by atoms with Crippen LogP contribution in [0.5, 0.6) is 0 Å². The van der Waals surface area contributed by atoms with Crippen molar-refractivity contribution in [2.45, 2.75) is 50.1 Å². The van der Waals surface area contributed by atoms with Crippen LogP contribution in [0.4, 0.5) is 0 Å². The molecule has 0 bridgehead atoms. The molecule has 0 saturated heterocycles. The number of primary amides is 1. The number of rotatable bonds is 5. The molecule has 142 valence electrons. The van der Waals surface area contributed by atoms with Gasteiger partial charge in [-0.15, -0.1) is 11.3 Å². The van der Waals surface area contributed by atoms with Crippen LogP contribution in [0.3, 0.4) is 0 Å². The normalized spacial score (nSPS) is 17.8. The summed E-state index contributed by atoms with van der Waals surface area (Å²) in [6.45, 7) is 4.25. The Labute approximate surface area is 164 Å². The Morgan fingerprint density at radius 1 is 1.56 bits per heavy atom. The van der Waals surface area contributed by atoms with Crippen molar-refractivity contribution < 1.29 is 9.21 Å². The first-order valence-corrected chi connectivity index (χ1v) is 10.7. The van der Waals surface area contributed by atoms with E-state index < -0.39 is 11.2 Å². The second kappa shape index (κ2) is 7.16. The van der Waals surface area contributed by atoms with E-state index in [1.165, 1.54) is 16.6 Å². The van der Waals surface area contributed by atoms with Gasteiger partial charge in [-0.05, 0) is 49.8 Å². The summed E-state index contributed by atoms with van der Waals surface area (Å²) in [5.74, 6) is 0.863. The van der Waals surface area contributed by atoms with Crippen LogP contribution >= 0.6 is 23.1 Å². The molecule has 0 fully saturated rings. The highest BCUT2D eigenvalue weighted by molar-refractivity contribution is 8.00. The van der Waals surface area contributed by atoms with Crippen molar-refractivity contribution in [1.29, 1.82) is 0 Å². The highest BCUT2D eigenvalue weighted by atomic mass is 32.2. The van der Waals surface area contributed by atoms with E-state index in [0.717, 1.165) is 35.0 Å². The van der Waals surface area contributed by atoms with Gasteiger partial charge in [0.1, 0.15) is 10.6 Å². The minimum Gasteiger partial charge on any atom is -0.467 e. The molecule has 1 aliphatic carbocycles. The molecule has 0 radical (unpaired) electrons. The number of hydrogen-bond acceptors (Lipinski definition) is 6. The van der Waals surface area contributed by atoms with E-state index in [0.29, 0.717) is 16.8 Å². The molecule has 3 heterocycles. The van der Waals surface area contributed by atoms with Crippen molar-refractivity contribution in [3.8, 4) is 0 Å². The number of amides is 1. The number of aromatic nitrogens is 2. The molecule has 6 nitrogen and oxygen atoms in total. The largest absolute Gasteiger partial charge is 0.467 e. The van der Waals surface area contributed by atoms with Gasteiger partial charge >= 0.3 is 0 Å². The summed E-state index contributed by atoms with van der Waals surface area (Å²) in [4.78, 5) is 31.7. The average molecular weight is 404 g/mol. The first kappa shape index (κ1) is 18.3. The number of nitrogens with two attached hydrogens (primary N) is 1. The molecule has 4 rings (SSSR count). The van der Waals surface area contributed by atoms with Gasteiger partial charge in [0, 0.05) is 4.88 Å². The zero-order valence-corrected chi connectivity index (χ0v) is 16.9. The van der Waals surface area contributed by atoms with Crippen LogP contribution in [0.25, 0.3) is 10.2 Å². The van der Waals surface area contributed by atoms with Crippen molar-refractivity contribution in [2.24, 2.45) is 11.7 Å². The monoisotopic (exact) mass is 403 g/mol. The topological polar surface area (TPSA) is 91.1 Å². The fraction of sp³-hybridized carbons (Fsp3) is 0.421. The minimum atomic E-state index is -0.480. The van der Waals surface area contributed by atoms with Gasteiger partial charge in [0.2, 0.25) is 5.91 Å². The van der Waals surface area contributed by atoms with Crippen molar-refractivity contribution >= 4 is 39.2 Å². The number of thiophene rings is 1. The Morgan fingerprint density at radius 2 is 2.37 bits per heavy atom. The molecule has 3 aromatic heterocycles. The molecule has 3 aromatic rings. The van der Waals surface area contributed by atoms with E-state index in [-0.39, 0.29) is 12.1 Å². The van der Waals surface area contributed by atoms with Crippen LogP contribution in [-0.4, -0.2) is 20.7 Å². The highest BCUT2D eigenvalue weighted by Gasteiger charge is 2.26. The SMILES string of the molecule is C[C@@H]1CCc2c(sc3nc(S[C@H](C)C(N)=O)n(Cc4ccco4)c(=O)c23)C1. The standard InChI is InChI=1S/C19H21N3O3S2/c1-10-5-6-13-14(8-10)27-17-15(13)18(24)22(9-12-4-3-7-25-12)19(21-17)26-11(2)16(20)23/h3-4,7,10-11H,5-6,8-9H2,1-2H3,(H2,20,23)/t10-,11-/m1/s1. The predicted molar refractivity (Wildman–Crippen MR) is 107 cm³/mol. The van der Waals surface area contributed by atoms with E-state index in [4.69, 9.17) is 15.1 Å². The number of carbonyl (C=O) groups excluding carboxylic acids is 1. The Bertz CT molecular complexity index is 1050. The van der Waals surface area contributed by atoms with E-state index in [9.17, 15) is 9.59 Å². The number of thioether (sulfide) groups is 1. The van der Waals surface area contributed by atoms with Gasteiger partial charge in [0.25, 0.3) is 5.56 Å². The van der Waals surface area contributed by atoms with Gasteiger partial charge in [-0.25, -0.2) is 4.98 Å². The zero-order valence-electron chi connectivity index (χ0n) is 15.2. The molecule has 8 heteroatoms. The van der Waals surface area contributed by atoms with Crippen LogP contribution in [0.15, 0.2) is 32.8 Å². The Morgan fingerprint density at radius 3 is 3.07 bits per heavy atom. The molecule has 2 N–H and O–H groups in total. The van der Waals surface area contributed by atoms with Crippen LogP contribution in [-0.2, 0) is 24.2 Å². The van der Waals surface area contributed by atoms with Gasteiger partial charge in [-0.2, -0.15) is 0 Å². The van der Waals surface area contributed by atoms with Crippen LogP contribution in [0.1, 0.15) is 36.5 Å². The third-order valence-corrected chi connectivity index (χ3v) is 7.21. The lowest BCUT2D eigenvalue weighted by Crippen LogP contribution is -2.27. The number of aryl methyl sites for hydroxylation is 1. The highest BCUT2D eigenvalue weighted by Crippen LogP contribution is 2.37. The lowest BCUT2D eigenvalue weighted by atomic mass is 9.89. The summed E-state index contributed by atoms with van der Waals surface area (Å²) in [5, 5.41) is 0.748. The number of hydrogen-bond donors (Lipinski definition) is 1. The fourth-order valence-electron chi connectivity index (χ4n) is 3.41. The van der Waals surface area contributed by atoms with E-state index >= 15 is 0 Å². The Hall–Kier alpha value is -2.06. The molecule has 1 amide bonds. The predicted octanol–water partition coefficient (Wildman–Crippen LogP) is 3.19. The molecule has 0 unspecified atom stereocenters. The maximum Gasteiger partial charge on any atom is 0.263 e. The summed E-state index contributed by atoms with van der Waals surface area (Å²) in [6, 6.07) is 3.62. The van der Waals surface area contributed by atoms with Gasteiger partial charge < -0.3 is 10.2 Å². The van der Waals surface area contributed by atoms with Crippen LogP contribution in [0, 0.1) is 5.92 Å². The quantitative estimate of drug-likeness (QED) is 0.522. The maximum atomic E-state index is 13.4. The van der Waals surface area contributed by atoms with Crippen molar-refractivity contribution in [2.75, 3.05) is 0 Å². The van der Waals surface area contributed by atoms with E-state index in [1.807, 2.05) is 6.07 Å². The van der Waals surface area contributed by atoms with Crippen LogP contribution in [0.2, 0.25) is 0 Å². The van der Waals surface area contributed by atoms with Gasteiger partial charge in [0.15, 0.2) is 5.16 Å². The zero-order chi connectivity index (χ0) is 19.1. The van der Waals surface area contributed by atoms with Crippen LogP contribution < -0.4 is 11.3 Å². The number of nitrogens with zero attached hydrogens (tertiary/aromatic N) is 2. The number of fused-ring (bicyclic) bond motifs is 3. The molecule has 0 aliphatic heterocycles. The molecule has 0 aromatic carbocycles. The van der Waals surface area contributed by atoms with E-state index in [2.05, 4.69) is 6.92 Å². The molecule has 27 heavy (non-hydrogen) atoms. The van der Waals surface area contributed by atoms with Gasteiger partial charge in [-0.1, -0.05) is 18.7 Å². The third kappa shape index (κ3) is 3.43. The lowest BCUT2D eigenvalue weighted by molar-refractivity contribution is -0.117. The molecule has 1 aliphatic rings. The molecule has 0 saturated carbocycles. The summed E-state index contributed by atoms with van der Waals surface area (Å²) in [5.41, 5.74) is 6.51. The summed E-state index contributed by atoms with van der Waals surface area (Å²) < 4.78 is 7.04. The van der Waals surface area contributed by atoms with E-state index in [1.54, 1.807) is 35.2 Å². The fourth-order valence-corrected chi connectivity index (χ4v) is 5.69. The second-order valence-corrected chi connectivity index (χ2v) is 9.45. The third-order valence-electron chi connectivity index (χ3n) is 4.96. The summed E-state index contributed by atoms with van der Waals surface area (Å²) in [7, 11) is 0. The maximum absolute atomic E-state index is 13.4.